The Morgan fingerprint density at radius 1 is 1.20 bits per heavy atom. The van der Waals surface area contributed by atoms with Crippen LogP contribution in [0.3, 0.4) is 0 Å². The zero-order valence-electron chi connectivity index (χ0n) is 10.9. The smallest absolute Gasteiger partial charge is 0.252 e. The molecule has 0 radical (unpaired) electrons. The van der Waals surface area contributed by atoms with Gasteiger partial charge in [0.25, 0.3) is 5.56 Å². The van der Waals surface area contributed by atoms with Gasteiger partial charge in [0.2, 0.25) is 5.95 Å². The minimum atomic E-state index is -0.0615. The predicted molar refractivity (Wildman–Crippen MR) is 77.0 cm³/mol. The van der Waals surface area contributed by atoms with E-state index >= 15 is 0 Å². The molecule has 0 saturated heterocycles. The fourth-order valence-corrected chi connectivity index (χ4v) is 2.00. The maximum absolute atomic E-state index is 11.8. The number of aryl methyl sites for hydroxylation is 1. The van der Waals surface area contributed by atoms with Crippen molar-refractivity contribution >= 4 is 22.7 Å². The van der Waals surface area contributed by atoms with Gasteiger partial charge in [-0.25, -0.2) is 4.98 Å². The van der Waals surface area contributed by atoms with E-state index < -0.39 is 0 Å². The van der Waals surface area contributed by atoms with Crippen molar-refractivity contribution in [3.63, 3.8) is 0 Å². The Labute approximate surface area is 115 Å². The number of nitrogens with one attached hydrogen (secondary N) is 1. The monoisotopic (exact) mass is 267 g/mol. The van der Waals surface area contributed by atoms with Crippen molar-refractivity contribution in [2.45, 2.75) is 13.5 Å². The Balaban J connectivity index is 2.08. The van der Waals surface area contributed by atoms with Crippen molar-refractivity contribution in [1.29, 1.82) is 0 Å². The molecule has 3 aromatic rings. The van der Waals surface area contributed by atoms with Crippen LogP contribution < -0.4 is 10.9 Å². The molecule has 0 aliphatic carbocycles. The Kier molecular flexibility index (Phi) is 3.12. The van der Waals surface area contributed by atoms with Gasteiger partial charge in [0.05, 0.1) is 0 Å². The molecule has 3 heterocycles. The molecule has 6 heteroatoms. The highest BCUT2D eigenvalue weighted by molar-refractivity contribution is 5.75. The summed E-state index contributed by atoms with van der Waals surface area (Å²) in [6, 6.07) is 6.92. The molecule has 0 atom stereocenters. The van der Waals surface area contributed by atoms with Crippen molar-refractivity contribution in [2.24, 2.45) is 0 Å². The molecule has 0 spiro atoms. The third-order valence-electron chi connectivity index (χ3n) is 2.98. The summed E-state index contributed by atoms with van der Waals surface area (Å²) in [5, 5.41) is 3.93. The van der Waals surface area contributed by atoms with Crippen molar-refractivity contribution in [3.05, 3.63) is 53.2 Å². The minimum Gasteiger partial charge on any atom is -0.324 e. The summed E-state index contributed by atoms with van der Waals surface area (Å²) in [4.78, 5) is 24.4. The molecular formula is C14H13N5O. The summed E-state index contributed by atoms with van der Waals surface area (Å²) in [6.07, 6.45) is 5.08. The zero-order chi connectivity index (χ0) is 13.9. The summed E-state index contributed by atoms with van der Waals surface area (Å²) in [5.74, 6) is 0.455. The molecular weight excluding hydrogens is 254 g/mol. The van der Waals surface area contributed by atoms with Gasteiger partial charge in [0.1, 0.15) is 5.65 Å². The van der Waals surface area contributed by atoms with Gasteiger partial charge in [0, 0.05) is 42.3 Å². The van der Waals surface area contributed by atoms with E-state index in [1.807, 2.05) is 19.1 Å². The second-order valence-corrected chi connectivity index (χ2v) is 4.25. The second-order valence-electron chi connectivity index (χ2n) is 4.25. The quantitative estimate of drug-likeness (QED) is 0.785. The molecule has 0 saturated carbocycles. The van der Waals surface area contributed by atoms with E-state index in [4.69, 9.17) is 0 Å². The molecule has 0 bridgehead atoms. The fourth-order valence-electron chi connectivity index (χ4n) is 2.00. The second kappa shape index (κ2) is 5.08. The Hall–Kier alpha value is -2.76. The molecule has 20 heavy (non-hydrogen) atoms. The third-order valence-corrected chi connectivity index (χ3v) is 2.98. The molecule has 6 nitrogen and oxygen atoms in total. The maximum atomic E-state index is 11.8. The fraction of sp³-hybridized carbons (Fsp3) is 0.143. The van der Waals surface area contributed by atoms with Crippen molar-refractivity contribution in [1.82, 2.24) is 19.5 Å². The summed E-state index contributed by atoms with van der Waals surface area (Å²) in [7, 11) is 0. The van der Waals surface area contributed by atoms with Crippen LogP contribution in [0.1, 0.15) is 6.92 Å². The first kappa shape index (κ1) is 12.3. The molecule has 0 aliphatic heterocycles. The highest BCUT2D eigenvalue weighted by Crippen LogP contribution is 2.14. The van der Waals surface area contributed by atoms with Gasteiger partial charge in [-0.3, -0.25) is 14.3 Å². The topological polar surface area (TPSA) is 72.7 Å². The molecule has 0 amide bonds. The number of anilines is 2. The average molecular weight is 267 g/mol. The van der Waals surface area contributed by atoms with Crippen LogP contribution in [-0.4, -0.2) is 19.5 Å². The standard InChI is InChI=1S/C14H13N5O/c1-2-19-12(20)4-3-10-9-16-14(18-13(10)19)17-11-5-7-15-8-6-11/h3-9H,2H2,1H3,(H,15,16,17,18). The van der Waals surface area contributed by atoms with Crippen LogP contribution in [0, 0.1) is 0 Å². The number of nitrogens with zero attached hydrogens (tertiary/aromatic N) is 4. The van der Waals surface area contributed by atoms with Crippen LogP contribution in [-0.2, 0) is 6.54 Å². The lowest BCUT2D eigenvalue weighted by atomic mass is 10.3. The lowest BCUT2D eigenvalue weighted by Crippen LogP contribution is -2.19. The summed E-state index contributed by atoms with van der Waals surface area (Å²) in [5.41, 5.74) is 1.42. The van der Waals surface area contributed by atoms with E-state index in [9.17, 15) is 4.79 Å². The van der Waals surface area contributed by atoms with E-state index in [0.717, 1.165) is 11.1 Å². The predicted octanol–water partition coefficient (Wildman–Crippen LogP) is 1.95. The first-order valence-electron chi connectivity index (χ1n) is 6.31. The van der Waals surface area contributed by atoms with Gasteiger partial charge in [0.15, 0.2) is 0 Å². The summed E-state index contributed by atoms with van der Waals surface area (Å²) >= 11 is 0. The van der Waals surface area contributed by atoms with Crippen LogP contribution in [0.4, 0.5) is 11.6 Å². The number of fused-ring (bicyclic) bond motifs is 1. The first-order valence-corrected chi connectivity index (χ1v) is 6.31. The highest BCUT2D eigenvalue weighted by Gasteiger charge is 2.05. The molecule has 0 fully saturated rings. The SMILES string of the molecule is CCn1c(=O)ccc2cnc(Nc3ccncc3)nc21. The molecule has 1 N–H and O–H groups in total. The van der Waals surface area contributed by atoms with E-state index in [1.165, 1.54) is 6.07 Å². The molecule has 0 aliphatic rings. The van der Waals surface area contributed by atoms with Gasteiger partial charge in [-0.1, -0.05) is 0 Å². The van der Waals surface area contributed by atoms with Crippen molar-refractivity contribution in [3.8, 4) is 0 Å². The van der Waals surface area contributed by atoms with Crippen molar-refractivity contribution < 1.29 is 0 Å². The molecule has 0 unspecified atom stereocenters. The molecule has 0 aromatic carbocycles. The van der Waals surface area contributed by atoms with E-state index in [1.54, 1.807) is 29.2 Å². The molecule has 3 rings (SSSR count). The van der Waals surface area contributed by atoms with Gasteiger partial charge < -0.3 is 5.32 Å². The lowest BCUT2D eigenvalue weighted by molar-refractivity contribution is 0.749. The number of hydrogen-bond acceptors (Lipinski definition) is 5. The average Bonchev–Trinajstić information content (AvgIpc) is 2.48. The summed E-state index contributed by atoms with van der Waals surface area (Å²) < 4.78 is 1.62. The minimum absolute atomic E-state index is 0.0615. The lowest BCUT2D eigenvalue weighted by Gasteiger charge is -2.08. The van der Waals surface area contributed by atoms with Crippen LogP contribution in [0.2, 0.25) is 0 Å². The molecule has 3 aromatic heterocycles. The van der Waals surface area contributed by atoms with E-state index in [2.05, 4.69) is 20.3 Å². The van der Waals surface area contributed by atoms with Crippen molar-refractivity contribution in [2.75, 3.05) is 5.32 Å². The van der Waals surface area contributed by atoms with Gasteiger partial charge in [-0.2, -0.15) is 4.98 Å². The third kappa shape index (κ3) is 2.23. The number of hydrogen-bond donors (Lipinski definition) is 1. The highest BCUT2D eigenvalue weighted by atomic mass is 16.1. The van der Waals surface area contributed by atoms with Gasteiger partial charge in [-0.05, 0) is 25.1 Å². The van der Waals surface area contributed by atoms with Crippen LogP contribution in [0.25, 0.3) is 11.0 Å². The van der Waals surface area contributed by atoms with Gasteiger partial charge >= 0.3 is 0 Å². The number of pyridine rings is 2. The first-order chi connectivity index (χ1) is 9.78. The van der Waals surface area contributed by atoms with Crippen LogP contribution in [0.15, 0.2) is 47.7 Å². The van der Waals surface area contributed by atoms with Crippen LogP contribution in [0.5, 0.6) is 0 Å². The number of rotatable bonds is 3. The van der Waals surface area contributed by atoms with E-state index in [0.29, 0.717) is 18.1 Å². The largest absolute Gasteiger partial charge is 0.324 e. The summed E-state index contributed by atoms with van der Waals surface area (Å²) in [6.45, 7) is 2.49. The maximum Gasteiger partial charge on any atom is 0.252 e. The number of aromatic nitrogens is 4. The Bertz CT molecular complexity index is 798. The Morgan fingerprint density at radius 3 is 2.75 bits per heavy atom. The Morgan fingerprint density at radius 2 is 2.00 bits per heavy atom. The van der Waals surface area contributed by atoms with Gasteiger partial charge in [-0.15, -0.1) is 0 Å². The zero-order valence-corrected chi connectivity index (χ0v) is 10.9. The van der Waals surface area contributed by atoms with E-state index in [-0.39, 0.29) is 5.56 Å². The molecule has 100 valence electrons. The normalized spacial score (nSPS) is 10.7. The van der Waals surface area contributed by atoms with Crippen LogP contribution >= 0.6 is 0 Å².